The highest BCUT2D eigenvalue weighted by Gasteiger charge is 2.22. The van der Waals surface area contributed by atoms with Gasteiger partial charge in [-0.15, -0.1) is 0 Å². The Bertz CT molecular complexity index is 242. The predicted octanol–water partition coefficient (Wildman–Crippen LogP) is -0.338. The van der Waals surface area contributed by atoms with E-state index in [1.165, 1.54) is 0 Å². The van der Waals surface area contributed by atoms with E-state index in [1.807, 2.05) is 11.9 Å². The highest BCUT2D eigenvalue weighted by atomic mass is 32.1. The zero-order valence-corrected chi connectivity index (χ0v) is 9.68. The van der Waals surface area contributed by atoms with Gasteiger partial charge in [0, 0.05) is 13.1 Å². The van der Waals surface area contributed by atoms with E-state index < -0.39 is 0 Å². The van der Waals surface area contributed by atoms with Crippen molar-refractivity contribution in [1.82, 2.24) is 10.4 Å². The molecule has 1 saturated heterocycles. The quantitative estimate of drug-likeness (QED) is 0.648. The molecule has 1 unspecified atom stereocenters. The van der Waals surface area contributed by atoms with Gasteiger partial charge in [-0.05, 0) is 6.42 Å². The van der Waals surface area contributed by atoms with E-state index in [-0.39, 0.29) is 16.8 Å². The topological polar surface area (TPSA) is 67.6 Å². The molecule has 1 rings (SSSR count). The van der Waals surface area contributed by atoms with E-state index in [2.05, 4.69) is 5.43 Å². The first kappa shape index (κ1) is 12.4. The Kier molecular flexibility index (Phi) is 4.93. The number of morpholine rings is 1. The van der Waals surface area contributed by atoms with Crippen molar-refractivity contribution in [3.63, 3.8) is 0 Å². The molecule has 0 aromatic carbocycles. The third-order valence-electron chi connectivity index (χ3n) is 2.35. The summed E-state index contributed by atoms with van der Waals surface area (Å²) < 4.78 is 5.17. The number of hydrazine groups is 1. The van der Waals surface area contributed by atoms with Crippen LogP contribution in [-0.2, 0) is 9.53 Å². The molecule has 1 amide bonds. The van der Waals surface area contributed by atoms with Gasteiger partial charge in [-0.25, -0.2) is 5.01 Å². The minimum atomic E-state index is -0.372. The summed E-state index contributed by atoms with van der Waals surface area (Å²) in [7, 11) is 0. The van der Waals surface area contributed by atoms with Gasteiger partial charge in [-0.2, -0.15) is 0 Å². The lowest BCUT2D eigenvalue weighted by Gasteiger charge is -2.28. The van der Waals surface area contributed by atoms with E-state index in [0.717, 1.165) is 0 Å². The number of nitrogens with one attached hydrogen (secondary N) is 1. The van der Waals surface area contributed by atoms with Crippen molar-refractivity contribution in [3.05, 3.63) is 0 Å². The molecule has 0 bridgehead atoms. The fraction of sp³-hybridized carbons (Fsp3) is 0.778. The molecule has 0 aromatic heterocycles. The zero-order valence-electron chi connectivity index (χ0n) is 8.86. The lowest BCUT2D eigenvalue weighted by Crippen LogP contribution is -2.51. The monoisotopic (exact) mass is 231 g/mol. The van der Waals surface area contributed by atoms with Gasteiger partial charge in [0.05, 0.1) is 24.1 Å². The van der Waals surface area contributed by atoms with Gasteiger partial charge in [0.15, 0.2) is 0 Å². The Morgan fingerprint density at radius 2 is 2.20 bits per heavy atom. The Hall–Kier alpha value is -0.720. The molecule has 86 valence electrons. The smallest absolute Gasteiger partial charge is 0.244 e. The molecule has 1 atom stereocenters. The van der Waals surface area contributed by atoms with Crippen molar-refractivity contribution < 1.29 is 9.53 Å². The van der Waals surface area contributed by atoms with Crippen molar-refractivity contribution in [2.45, 2.75) is 13.3 Å². The first-order chi connectivity index (χ1) is 7.15. The van der Waals surface area contributed by atoms with Crippen LogP contribution in [0.5, 0.6) is 0 Å². The van der Waals surface area contributed by atoms with Crippen molar-refractivity contribution in [2.24, 2.45) is 11.7 Å². The van der Waals surface area contributed by atoms with Crippen LogP contribution in [0.15, 0.2) is 0 Å². The summed E-state index contributed by atoms with van der Waals surface area (Å²) in [5.74, 6) is -0.491. The molecule has 6 heteroatoms. The van der Waals surface area contributed by atoms with Crippen LogP contribution in [0.2, 0.25) is 0 Å². The molecule has 0 aromatic rings. The first-order valence-corrected chi connectivity index (χ1v) is 5.48. The van der Waals surface area contributed by atoms with Gasteiger partial charge in [0.25, 0.3) is 0 Å². The standard InChI is InChI=1S/C9H17N3O2S/c1-2-7(8(10)15)9(13)11-12-3-5-14-6-4-12/h7H,2-6H2,1H3,(H2,10,15)(H,11,13). The highest BCUT2D eigenvalue weighted by molar-refractivity contribution is 7.80. The highest BCUT2D eigenvalue weighted by Crippen LogP contribution is 2.04. The number of ether oxygens (including phenoxy) is 1. The Morgan fingerprint density at radius 1 is 1.60 bits per heavy atom. The molecule has 3 N–H and O–H groups in total. The number of carbonyl (C=O) groups excluding carboxylic acids is 1. The van der Waals surface area contributed by atoms with E-state index in [4.69, 9.17) is 22.7 Å². The Labute approximate surface area is 94.9 Å². The molecule has 0 spiro atoms. The van der Waals surface area contributed by atoms with Crippen LogP contribution in [-0.4, -0.2) is 42.2 Å². The molecule has 5 nitrogen and oxygen atoms in total. The first-order valence-electron chi connectivity index (χ1n) is 5.07. The molecular formula is C9H17N3O2S. The summed E-state index contributed by atoms with van der Waals surface area (Å²) in [6.07, 6.45) is 0.630. The minimum absolute atomic E-state index is 0.119. The van der Waals surface area contributed by atoms with Gasteiger partial charge < -0.3 is 10.5 Å². The third kappa shape index (κ3) is 3.73. The fourth-order valence-corrected chi connectivity index (χ4v) is 1.70. The molecule has 1 heterocycles. The zero-order chi connectivity index (χ0) is 11.3. The van der Waals surface area contributed by atoms with Crippen LogP contribution in [0.25, 0.3) is 0 Å². The summed E-state index contributed by atoms with van der Waals surface area (Å²) in [6.45, 7) is 4.59. The number of nitrogens with zero attached hydrogens (tertiary/aromatic N) is 1. The van der Waals surface area contributed by atoms with E-state index in [1.54, 1.807) is 0 Å². The molecule has 15 heavy (non-hydrogen) atoms. The Morgan fingerprint density at radius 3 is 2.67 bits per heavy atom. The molecule has 1 aliphatic heterocycles. The maximum absolute atomic E-state index is 11.7. The third-order valence-corrected chi connectivity index (χ3v) is 2.63. The van der Waals surface area contributed by atoms with Crippen molar-refractivity contribution in [2.75, 3.05) is 26.3 Å². The lowest BCUT2D eigenvalue weighted by atomic mass is 10.1. The number of rotatable bonds is 4. The number of hydrogen-bond acceptors (Lipinski definition) is 4. The van der Waals surface area contributed by atoms with Crippen LogP contribution in [0.3, 0.4) is 0 Å². The summed E-state index contributed by atoms with van der Waals surface area (Å²) >= 11 is 4.83. The van der Waals surface area contributed by atoms with Crippen LogP contribution in [0.4, 0.5) is 0 Å². The normalized spacial score (nSPS) is 19.5. The van der Waals surface area contributed by atoms with E-state index >= 15 is 0 Å². The predicted molar refractivity (Wildman–Crippen MR) is 61.1 cm³/mol. The van der Waals surface area contributed by atoms with Crippen LogP contribution >= 0.6 is 12.2 Å². The number of hydrogen-bond donors (Lipinski definition) is 2. The molecule has 0 aliphatic carbocycles. The SMILES string of the molecule is CCC(C(=O)NN1CCOCC1)C(N)=S. The summed E-state index contributed by atoms with van der Waals surface area (Å²) in [5.41, 5.74) is 8.28. The van der Waals surface area contributed by atoms with Crippen LogP contribution < -0.4 is 11.2 Å². The Balaban J connectivity index is 2.42. The number of nitrogens with two attached hydrogens (primary N) is 1. The van der Waals surface area contributed by atoms with Gasteiger partial charge in [-0.1, -0.05) is 19.1 Å². The number of amides is 1. The second-order valence-electron chi connectivity index (χ2n) is 3.44. The van der Waals surface area contributed by atoms with Crippen molar-refractivity contribution in [1.29, 1.82) is 0 Å². The van der Waals surface area contributed by atoms with Gasteiger partial charge in [0.2, 0.25) is 5.91 Å². The van der Waals surface area contributed by atoms with Gasteiger partial charge in [-0.3, -0.25) is 10.2 Å². The largest absolute Gasteiger partial charge is 0.393 e. The second kappa shape index (κ2) is 5.99. The lowest BCUT2D eigenvalue weighted by molar-refractivity contribution is -0.130. The number of carbonyl (C=O) groups is 1. The molecular weight excluding hydrogens is 214 g/mol. The van der Waals surface area contributed by atoms with E-state index in [9.17, 15) is 4.79 Å². The number of thiocarbonyl (C=S) groups is 1. The molecule has 0 radical (unpaired) electrons. The van der Waals surface area contributed by atoms with E-state index in [0.29, 0.717) is 32.7 Å². The van der Waals surface area contributed by atoms with Gasteiger partial charge >= 0.3 is 0 Å². The van der Waals surface area contributed by atoms with Gasteiger partial charge in [0.1, 0.15) is 0 Å². The molecule has 1 fully saturated rings. The average Bonchev–Trinajstić information content (AvgIpc) is 2.19. The van der Waals surface area contributed by atoms with Crippen molar-refractivity contribution >= 4 is 23.1 Å². The summed E-state index contributed by atoms with van der Waals surface area (Å²) in [4.78, 5) is 12.0. The fourth-order valence-electron chi connectivity index (χ4n) is 1.42. The molecule has 0 saturated carbocycles. The second-order valence-corrected chi connectivity index (χ2v) is 3.91. The average molecular weight is 231 g/mol. The maximum atomic E-state index is 11.7. The summed E-state index contributed by atoms with van der Waals surface area (Å²) in [6, 6.07) is 0. The minimum Gasteiger partial charge on any atom is -0.393 e. The summed E-state index contributed by atoms with van der Waals surface area (Å²) in [5, 5.41) is 1.84. The maximum Gasteiger partial charge on any atom is 0.244 e. The van der Waals surface area contributed by atoms with Crippen LogP contribution in [0.1, 0.15) is 13.3 Å². The molecule has 1 aliphatic rings. The van der Waals surface area contributed by atoms with Crippen LogP contribution in [0, 0.1) is 5.92 Å². The van der Waals surface area contributed by atoms with Crippen molar-refractivity contribution in [3.8, 4) is 0 Å².